The van der Waals surface area contributed by atoms with Gasteiger partial charge in [-0.3, -0.25) is 9.78 Å². The highest BCUT2D eigenvalue weighted by atomic mass is 79.9. The lowest BCUT2D eigenvalue weighted by molar-refractivity contribution is 0.0950. The number of pyridine rings is 1. The van der Waals surface area contributed by atoms with Crippen LogP contribution in [0.15, 0.2) is 47.1 Å². The molecule has 1 heterocycles. The van der Waals surface area contributed by atoms with Gasteiger partial charge in [0, 0.05) is 28.5 Å². The maximum Gasteiger partial charge on any atom is 0.251 e. The smallest absolute Gasteiger partial charge is 0.251 e. The van der Waals surface area contributed by atoms with Gasteiger partial charge in [-0.1, -0.05) is 28.1 Å². The molecule has 0 bridgehead atoms. The van der Waals surface area contributed by atoms with Crippen molar-refractivity contribution in [1.82, 2.24) is 10.3 Å². The average Bonchev–Trinajstić information content (AvgIpc) is 2.38. The summed E-state index contributed by atoms with van der Waals surface area (Å²) in [4.78, 5) is 16.0. The van der Waals surface area contributed by atoms with Crippen molar-refractivity contribution in [2.24, 2.45) is 0 Å². The molecule has 1 aromatic carbocycles. The summed E-state index contributed by atoms with van der Waals surface area (Å²) in [7, 11) is 0. The molecule has 0 spiro atoms. The molecule has 1 aromatic heterocycles. The molecule has 0 aliphatic heterocycles. The lowest BCUT2D eigenvalue weighted by Crippen LogP contribution is -2.22. The number of nitrogens with one attached hydrogen (secondary N) is 1. The number of aromatic nitrogens is 1. The molecule has 1 N–H and O–H groups in total. The summed E-state index contributed by atoms with van der Waals surface area (Å²) in [6.07, 6.45) is 1.64. The van der Waals surface area contributed by atoms with Crippen LogP contribution in [-0.4, -0.2) is 10.9 Å². The molecule has 0 atom stereocenters. The van der Waals surface area contributed by atoms with Crippen molar-refractivity contribution in [3.05, 3.63) is 63.9 Å². The van der Waals surface area contributed by atoms with Gasteiger partial charge >= 0.3 is 0 Å². The fourth-order valence-electron chi connectivity index (χ4n) is 1.57. The van der Waals surface area contributed by atoms with E-state index in [2.05, 4.69) is 26.2 Å². The molecular weight excluding hydrogens is 292 g/mol. The van der Waals surface area contributed by atoms with Crippen LogP contribution in [0.5, 0.6) is 0 Å². The number of carbonyl (C=O) groups is 1. The van der Waals surface area contributed by atoms with Crippen LogP contribution in [0, 0.1) is 6.92 Å². The van der Waals surface area contributed by atoms with Gasteiger partial charge in [-0.2, -0.15) is 0 Å². The van der Waals surface area contributed by atoms with E-state index < -0.39 is 0 Å². The summed E-state index contributed by atoms with van der Waals surface area (Å²) < 4.78 is 1.03. The number of benzene rings is 1. The minimum Gasteiger partial charge on any atom is -0.348 e. The first-order valence-corrected chi connectivity index (χ1v) is 6.40. The third-order valence-electron chi connectivity index (χ3n) is 2.53. The van der Waals surface area contributed by atoms with Crippen LogP contribution >= 0.6 is 15.9 Å². The molecule has 1 amide bonds. The van der Waals surface area contributed by atoms with E-state index in [4.69, 9.17) is 0 Å². The molecular formula is C14H13BrN2O. The number of carbonyl (C=O) groups excluding carboxylic acids is 1. The van der Waals surface area contributed by atoms with Crippen LogP contribution in [0.2, 0.25) is 0 Å². The molecule has 0 fully saturated rings. The maximum atomic E-state index is 11.9. The summed E-state index contributed by atoms with van der Waals surface area (Å²) >= 11 is 3.38. The number of hydrogen-bond acceptors (Lipinski definition) is 2. The minimum absolute atomic E-state index is 0.0802. The van der Waals surface area contributed by atoms with Gasteiger partial charge in [0.05, 0.1) is 0 Å². The van der Waals surface area contributed by atoms with Crippen LogP contribution in [0.4, 0.5) is 0 Å². The Morgan fingerprint density at radius 3 is 2.67 bits per heavy atom. The Morgan fingerprint density at radius 2 is 2.00 bits per heavy atom. The molecule has 0 radical (unpaired) electrons. The zero-order valence-electron chi connectivity index (χ0n) is 9.98. The summed E-state index contributed by atoms with van der Waals surface area (Å²) in [5, 5.41) is 2.88. The van der Waals surface area contributed by atoms with E-state index in [0.29, 0.717) is 12.1 Å². The van der Waals surface area contributed by atoms with Crippen molar-refractivity contribution in [1.29, 1.82) is 0 Å². The Labute approximate surface area is 114 Å². The largest absolute Gasteiger partial charge is 0.348 e. The van der Waals surface area contributed by atoms with Gasteiger partial charge in [0.1, 0.15) is 0 Å². The molecule has 0 aliphatic carbocycles. The number of hydrogen-bond donors (Lipinski definition) is 1. The van der Waals surface area contributed by atoms with Crippen molar-refractivity contribution < 1.29 is 4.79 Å². The third kappa shape index (κ3) is 3.40. The molecule has 0 unspecified atom stereocenters. The fourth-order valence-corrected chi connectivity index (χ4v) is 1.84. The highest BCUT2D eigenvalue weighted by Crippen LogP contribution is 2.10. The van der Waals surface area contributed by atoms with Crippen LogP contribution in [0.3, 0.4) is 0 Å². The van der Waals surface area contributed by atoms with Crippen LogP contribution < -0.4 is 5.32 Å². The maximum absolute atomic E-state index is 11.9. The summed E-state index contributed by atoms with van der Waals surface area (Å²) in [5.41, 5.74) is 2.54. The normalized spacial score (nSPS) is 10.1. The van der Waals surface area contributed by atoms with E-state index >= 15 is 0 Å². The van der Waals surface area contributed by atoms with E-state index in [-0.39, 0.29) is 5.91 Å². The van der Waals surface area contributed by atoms with Crippen molar-refractivity contribution in [2.75, 3.05) is 0 Å². The van der Waals surface area contributed by atoms with E-state index in [9.17, 15) is 4.79 Å². The summed E-state index contributed by atoms with van der Waals surface area (Å²) in [5.74, 6) is -0.0802. The Hall–Kier alpha value is -1.68. The van der Waals surface area contributed by atoms with Crippen LogP contribution in [0.1, 0.15) is 21.6 Å². The molecule has 4 heteroatoms. The summed E-state index contributed by atoms with van der Waals surface area (Å²) in [6.45, 7) is 2.39. The Kier molecular flexibility index (Phi) is 4.10. The second-order valence-corrected chi connectivity index (χ2v) is 4.91. The van der Waals surface area contributed by atoms with E-state index in [1.54, 1.807) is 18.3 Å². The molecule has 0 saturated carbocycles. The monoisotopic (exact) mass is 304 g/mol. The van der Waals surface area contributed by atoms with Crippen molar-refractivity contribution in [3.8, 4) is 0 Å². The molecule has 92 valence electrons. The number of aryl methyl sites for hydroxylation is 1. The molecule has 0 aliphatic rings. The third-order valence-corrected chi connectivity index (χ3v) is 3.05. The minimum atomic E-state index is -0.0802. The molecule has 3 nitrogen and oxygen atoms in total. The van der Waals surface area contributed by atoms with Gasteiger partial charge in [0.25, 0.3) is 5.91 Å². The highest BCUT2D eigenvalue weighted by Gasteiger charge is 2.05. The fraction of sp³-hybridized carbons (Fsp3) is 0.143. The second-order valence-electron chi connectivity index (χ2n) is 4.00. The van der Waals surface area contributed by atoms with Crippen molar-refractivity contribution >= 4 is 21.8 Å². The molecule has 0 saturated heterocycles. The van der Waals surface area contributed by atoms with Gasteiger partial charge in [0.15, 0.2) is 0 Å². The van der Waals surface area contributed by atoms with E-state index in [1.807, 2.05) is 31.2 Å². The van der Waals surface area contributed by atoms with Crippen LogP contribution in [-0.2, 0) is 6.54 Å². The van der Waals surface area contributed by atoms with Gasteiger partial charge in [-0.25, -0.2) is 0 Å². The van der Waals surface area contributed by atoms with Crippen molar-refractivity contribution in [2.45, 2.75) is 13.5 Å². The number of nitrogens with zero attached hydrogens (tertiary/aromatic N) is 1. The quantitative estimate of drug-likeness (QED) is 0.947. The first-order valence-electron chi connectivity index (χ1n) is 5.60. The van der Waals surface area contributed by atoms with Gasteiger partial charge in [0.2, 0.25) is 0 Å². The highest BCUT2D eigenvalue weighted by molar-refractivity contribution is 9.10. The Bertz CT molecular complexity index is 552. The SMILES string of the molecule is Cc1cc(C(=O)NCc2ccc(Br)cc2)ccn1. The molecule has 2 aromatic rings. The first-order chi connectivity index (χ1) is 8.65. The Balaban J connectivity index is 1.98. The standard InChI is InChI=1S/C14H13BrN2O/c1-10-8-12(6-7-16-10)14(18)17-9-11-2-4-13(15)5-3-11/h2-8H,9H2,1H3,(H,17,18). The molecule has 2 rings (SSSR count). The topological polar surface area (TPSA) is 42.0 Å². The first kappa shape index (κ1) is 12.8. The van der Waals surface area contributed by atoms with Crippen molar-refractivity contribution in [3.63, 3.8) is 0 Å². The van der Waals surface area contributed by atoms with Gasteiger partial charge in [-0.05, 0) is 36.8 Å². The van der Waals surface area contributed by atoms with E-state index in [1.165, 1.54) is 0 Å². The zero-order valence-corrected chi connectivity index (χ0v) is 11.6. The van der Waals surface area contributed by atoms with Gasteiger partial charge in [-0.15, -0.1) is 0 Å². The predicted molar refractivity (Wildman–Crippen MR) is 74.3 cm³/mol. The average molecular weight is 305 g/mol. The van der Waals surface area contributed by atoms with E-state index in [0.717, 1.165) is 15.7 Å². The lowest BCUT2D eigenvalue weighted by Gasteiger charge is -2.06. The number of halogens is 1. The zero-order chi connectivity index (χ0) is 13.0. The predicted octanol–water partition coefficient (Wildman–Crippen LogP) is 3.08. The number of amides is 1. The Morgan fingerprint density at radius 1 is 1.28 bits per heavy atom. The second kappa shape index (κ2) is 5.78. The van der Waals surface area contributed by atoms with Gasteiger partial charge < -0.3 is 5.32 Å². The summed E-state index contributed by atoms with van der Waals surface area (Å²) in [6, 6.07) is 11.3. The molecule has 18 heavy (non-hydrogen) atoms. The van der Waals surface area contributed by atoms with Crippen LogP contribution in [0.25, 0.3) is 0 Å². The lowest BCUT2D eigenvalue weighted by atomic mass is 10.2. The number of rotatable bonds is 3.